The average molecular weight is 397 g/mol. The molecule has 0 aromatic heterocycles. The summed E-state index contributed by atoms with van der Waals surface area (Å²) in [5, 5.41) is 0. The van der Waals surface area contributed by atoms with Gasteiger partial charge in [0.05, 0.1) is 13.2 Å². The minimum Gasteiger partial charge on any atom is -0.379 e. The minimum atomic E-state index is -3.53. The Morgan fingerprint density at radius 1 is 0.640 bits per heavy atom. The zero-order valence-corrected chi connectivity index (χ0v) is 16.3. The van der Waals surface area contributed by atoms with Crippen molar-refractivity contribution in [2.75, 3.05) is 65.6 Å². The van der Waals surface area contributed by atoms with Crippen LogP contribution in [0.1, 0.15) is 19.8 Å². The first kappa shape index (κ1) is 19.5. The van der Waals surface area contributed by atoms with Gasteiger partial charge in [0.1, 0.15) is 0 Å². The van der Waals surface area contributed by atoms with Crippen molar-refractivity contribution >= 4 is 20.4 Å². The Hall–Kier alpha value is -0.300. The second kappa shape index (κ2) is 7.75. The maximum atomic E-state index is 12.8. The summed E-state index contributed by atoms with van der Waals surface area (Å²) in [6, 6.07) is 0. The molecule has 0 spiro atoms. The van der Waals surface area contributed by atoms with Gasteiger partial charge in [-0.15, -0.1) is 0 Å². The maximum absolute atomic E-state index is 12.8. The molecule has 3 heterocycles. The highest BCUT2D eigenvalue weighted by molar-refractivity contribution is 7.87. The molecule has 25 heavy (non-hydrogen) atoms. The third-order valence-corrected chi connectivity index (χ3v) is 9.29. The fraction of sp³-hybridized carbons (Fsp3) is 1.00. The highest BCUT2D eigenvalue weighted by atomic mass is 32.2. The average Bonchev–Trinajstić information content (AvgIpc) is 2.63. The first-order chi connectivity index (χ1) is 11.8. The molecule has 0 bridgehead atoms. The number of hydrogen-bond donors (Lipinski definition) is 0. The summed E-state index contributed by atoms with van der Waals surface area (Å²) < 4.78 is 61.8. The number of hydrogen-bond acceptors (Lipinski definition) is 5. The van der Waals surface area contributed by atoms with Gasteiger partial charge in [0.25, 0.3) is 20.4 Å². The van der Waals surface area contributed by atoms with Crippen LogP contribution in [0.2, 0.25) is 0 Å². The van der Waals surface area contributed by atoms with Crippen LogP contribution in [0.3, 0.4) is 0 Å². The topological polar surface area (TPSA) is 90.5 Å². The SMILES string of the molecule is CC1CCN(S(=O)(=O)N2CCN(S(=O)(=O)N3CCOCC3)CC2)CC1. The normalized spacial score (nSPS) is 27.6. The zero-order chi connectivity index (χ0) is 18.1. The van der Waals surface area contributed by atoms with Crippen LogP contribution in [-0.4, -0.2) is 99.6 Å². The first-order valence-corrected chi connectivity index (χ1v) is 11.7. The van der Waals surface area contributed by atoms with Crippen LogP contribution in [0, 0.1) is 5.92 Å². The van der Waals surface area contributed by atoms with Gasteiger partial charge >= 0.3 is 0 Å². The van der Waals surface area contributed by atoms with Crippen molar-refractivity contribution in [1.82, 2.24) is 17.2 Å². The monoisotopic (exact) mass is 396 g/mol. The summed E-state index contributed by atoms with van der Waals surface area (Å²) in [6.45, 7) is 5.56. The molecule has 3 aliphatic rings. The molecule has 0 aromatic carbocycles. The van der Waals surface area contributed by atoms with E-state index in [4.69, 9.17) is 4.74 Å². The van der Waals surface area contributed by atoms with Crippen LogP contribution in [0.25, 0.3) is 0 Å². The van der Waals surface area contributed by atoms with Crippen molar-refractivity contribution < 1.29 is 21.6 Å². The van der Waals surface area contributed by atoms with E-state index in [1.165, 1.54) is 12.9 Å². The lowest BCUT2D eigenvalue weighted by Gasteiger charge is -2.39. The van der Waals surface area contributed by atoms with E-state index < -0.39 is 20.4 Å². The minimum absolute atomic E-state index is 0.198. The Kier molecular flexibility index (Phi) is 6.03. The van der Waals surface area contributed by atoms with E-state index in [9.17, 15) is 16.8 Å². The summed E-state index contributed by atoms with van der Waals surface area (Å²) in [4.78, 5) is 0. The fourth-order valence-corrected chi connectivity index (χ4v) is 6.64. The van der Waals surface area contributed by atoms with Crippen LogP contribution in [-0.2, 0) is 25.2 Å². The second-order valence-corrected chi connectivity index (χ2v) is 10.8. The van der Waals surface area contributed by atoms with E-state index in [2.05, 4.69) is 6.92 Å². The van der Waals surface area contributed by atoms with Gasteiger partial charge in [-0.3, -0.25) is 0 Å². The van der Waals surface area contributed by atoms with Gasteiger partial charge in [-0.2, -0.15) is 34.1 Å². The summed E-state index contributed by atoms with van der Waals surface area (Å²) >= 11 is 0. The second-order valence-electron chi connectivity index (χ2n) is 6.91. The third-order valence-electron chi connectivity index (χ3n) is 5.22. The number of piperazine rings is 1. The largest absolute Gasteiger partial charge is 0.379 e. The molecule has 11 heteroatoms. The number of piperidine rings is 1. The predicted molar refractivity (Wildman–Crippen MR) is 93.3 cm³/mol. The molecule has 0 aromatic rings. The van der Waals surface area contributed by atoms with Crippen molar-refractivity contribution in [3.05, 3.63) is 0 Å². The van der Waals surface area contributed by atoms with E-state index >= 15 is 0 Å². The zero-order valence-electron chi connectivity index (χ0n) is 14.7. The number of ether oxygens (including phenoxy) is 1. The summed E-state index contributed by atoms with van der Waals surface area (Å²) in [5.74, 6) is 0.557. The van der Waals surface area contributed by atoms with Gasteiger partial charge in [-0.25, -0.2) is 0 Å². The molecule has 0 radical (unpaired) electrons. The van der Waals surface area contributed by atoms with Crippen LogP contribution < -0.4 is 0 Å². The van der Waals surface area contributed by atoms with E-state index in [0.717, 1.165) is 12.8 Å². The molecule has 3 saturated heterocycles. The van der Waals surface area contributed by atoms with E-state index in [1.807, 2.05) is 0 Å². The third kappa shape index (κ3) is 4.18. The fourth-order valence-electron chi connectivity index (χ4n) is 3.45. The van der Waals surface area contributed by atoms with Gasteiger partial charge < -0.3 is 4.74 Å². The van der Waals surface area contributed by atoms with Crippen molar-refractivity contribution in [3.63, 3.8) is 0 Å². The van der Waals surface area contributed by atoms with Crippen molar-refractivity contribution in [2.45, 2.75) is 19.8 Å². The molecule has 3 aliphatic heterocycles. The number of morpholine rings is 1. The predicted octanol–water partition coefficient (Wildman–Crippen LogP) is -0.842. The van der Waals surface area contributed by atoms with Crippen molar-refractivity contribution in [2.24, 2.45) is 5.92 Å². The highest BCUT2D eigenvalue weighted by Crippen LogP contribution is 2.22. The van der Waals surface area contributed by atoms with Crippen LogP contribution in [0.15, 0.2) is 0 Å². The lowest BCUT2D eigenvalue weighted by atomic mass is 10.0. The van der Waals surface area contributed by atoms with Crippen LogP contribution in [0.4, 0.5) is 0 Å². The molecule has 0 atom stereocenters. The Morgan fingerprint density at radius 2 is 1.00 bits per heavy atom. The molecule has 0 aliphatic carbocycles. The molecule has 0 amide bonds. The van der Waals surface area contributed by atoms with Gasteiger partial charge in [0.15, 0.2) is 0 Å². The molecule has 0 unspecified atom stereocenters. The molecular weight excluding hydrogens is 368 g/mol. The summed E-state index contributed by atoms with van der Waals surface area (Å²) in [5.41, 5.74) is 0. The number of rotatable bonds is 4. The Bertz CT molecular complexity index is 647. The quantitative estimate of drug-likeness (QED) is 0.618. The Morgan fingerprint density at radius 3 is 1.44 bits per heavy atom. The van der Waals surface area contributed by atoms with Gasteiger partial charge in [0, 0.05) is 52.4 Å². The molecule has 0 saturated carbocycles. The molecule has 9 nitrogen and oxygen atoms in total. The lowest BCUT2D eigenvalue weighted by molar-refractivity contribution is 0.0693. The number of nitrogens with zero attached hydrogens (tertiary/aromatic N) is 4. The van der Waals surface area contributed by atoms with E-state index in [0.29, 0.717) is 45.3 Å². The standard InChI is InChI=1S/C14H28N4O5S2/c1-14-2-4-15(5-3-14)24(19,20)16-6-8-17(9-7-16)25(21,22)18-10-12-23-13-11-18/h14H,2-13H2,1H3. The van der Waals surface area contributed by atoms with Gasteiger partial charge in [-0.05, 0) is 18.8 Å². The Balaban J connectivity index is 1.59. The van der Waals surface area contributed by atoms with E-state index in [-0.39, 0.29) is 26.2 Å². The van der Waals surface area contributed by atoms with Crippen molar-refractivity contribution in [3.8, 4) is 0 Å². The van der Waals surface area contributed by atoms with Crippen LogP contribution in [0.5, 0.6) is 0 Å². The first-order valence-electron chi connectivity index (χ1n) is 8.90. The maximum Gasteiger partial charge on any atom is 0.282 e. The van der Waals surface area contributed by atoms with E-state index in [1.54, 1.807) is 4.31 Å². The molecule has 146 valence electrons. The van der Waals surface area contributed by atoms with Crippen LogP contribution >= 0.6 is 0 Å². The van der Waals surface area contributed by atoms with Gasteiger partial charge in [0.2, 0.25) is 0 Å². The lowest BCUT2D eigenvalue weighted by Crippen LogP contribution is -2.58. The smallest absolute Gasteiger partial charge is 0.282 e. The highest BCUT2D eigenvalue weighted by Gasteiger charge is 2.38. The molecule has 0 N–H and O–H groups in total. The molecular formula is C14H28N4O5S2. The van der Waals surface area contributed by atoms with Gasteiger partial charge in [-0.1, -0.05) is 6.92 Å². The Labute approximate surface area is 150 Å². The summed E-state index contributed by atoms with van der Waals surface area (Å²) in [6.07, 6.45) is 1.76. The molecule has 3 fully saturated rings. The van der Waals surface area contributed by atoms with Crippen molar-refractivity contribution in [1.29, 1.82) is 0 Å². The molecule has 3 rings (SSSR count). The summed E-state index contributed by atoms with van der Waals surface area (Å²) in [7, 11) is -7.03.